The molecule has 6 nitrogen and oxygen atoms in total. The third kappa shape index (κ3) is 3.04. The molecule has 112 valence electrons. The van der Waals surface area contributed by atoms with E-state index in [2.05, 4.69) is 10.3 Å². The van der Waals surface area contributed by atoms with Crippen LogP contribution in [0.2, 0.25) is 0 Å². The molecule has 0 saturated carbocycles. The summed E-state index contributed by atoms with van der Waals surface area (Å²) in [5.74, 6) is -0.0757. The first-order chi connectivity index (χ1) is 10.1. The molecule has 2 aromatic rings. The number of ketones is 1. The number of rotatable bonds is 4. The van der Waals surface area contributed by atoms with Gasteiger partial charge in [0.2, 0.25) is 0 Å². The summed E-state index contributed by atoms with van der Waals surface area (Å²) >= 11 is 1.33. The molecule has 2 N–H and O–H groups in total. The van der Waals surface area contributed by atoms with Gasteiger partial charge in [0, 0.05) is 12.5 Å². The van der Waals surface area contributed by atoms with Crippen molar-refractivity contribution in [1.29, 1.82) is 0 Å². The van der Waals surface area contributed by atoms with Gasteiger partial charge in [-0.2, -0.15) is 0 Å². The minimum atomic E-state index is -0.489. The van der Waals surface area contributed by atoms with E-state index in [9.17, 15) is 14.7 Å². The molecule has 21 heavy (non-hydrogen) atoms. The molecule has 1 saturated heterocycles. The normalized spacial score (nSPS) is 22.5. The van der Waals surface area contributed by atoms with Crippen molar-refractivity contribution < 1.29 is 9.90 Å². The topological polar surface area (TPSA) is 84.2 Å². The van der Waals surface area contributed by atoms with E-state index >= 15 is 0 Å². The first-order valence-electron chi connectivity index (χ1n) is 7.01. The molecule has 1 aliphatic heterocycles. The van der Waals surface area contributed by atoms with Crippen LogP contribution >= 0.6 is 11.3 Å². The smallest absolute Gasteiger partial charge is 0.271 e. The summed E-state index contributed by atoms with van der Waals surface area (Å²) in [5.41, 5.74) is 0.485. The zero-order valence-corrected chi connectivity index (χ0v) is 12.3. The van der Waals surface area contributed by atoms with Crippen LogP contribution in [0, 0.1) is 0 Å². The lowest BCUT2D eigenvalue weighted by molar-refractivity contribution is -0.121. The fourth-order valence-electron chi connectivity index (χ4n) is 2.64. The van der Waals surface area contributed by atoms with E-state index in [0.29, 0.717) is 16.6 Å². The van der Waals surface area contributed by atoms with Crippen molar-refractivity contribution in [2.45, 2.75) is 38.0 Å². The van der Waals surface area contributed by atoms with Crippen LogP contribution in [0.15, 0.2) is 22.6 Å². The number of hydrogen-bond donors (Lipinski definition) is 2. The van der Waals surface area contributed by atoms with Crippen molar-refractivity contribution in [3.63, 3.8) is 0 Å². The van der Waals surface area contributed by atoms with Gasteiger partial charge >= 0.3 is 0 Å². The maximum Gasteiger partial charge on any atom is 0.271 e. The van der Waals surface area contributed by atoms with Gasteiger partial charge in [-0.1, -0.05) is 0 Å². The fourth-order valence-corrected chi connectivity index (χ4v) is 3.43. The number of nitrogens with zero attached hydrogens (tertiary/aromatic N) is 2. The minimum absolute atomic E-state index is 0.00454. The second-order valence-corrected chi connectivity index (χ2v) is 6.24. The number of Topliss-reactive ketones (excluding diaryl/α,β-unsaturated/α-hetero) is 1. The number of hydrogen-bond acceptors (Lipinski definition) is 6. The highest BCUT2D eigenvalue weighted by molar-refractivity contribution is 7.17. The molecule has 0 spiro atoms. The summed E-state index contributed by atoms with van der Waals surface area (Å²) in [4.78, 5) is 28.5. The van der Waals surface area contributed by atoms with Crippen LogP contribution in [0.5, 0.6) is 0 Å². The molecule has 0 radical (unpaired) electrons. The first kappa shape index (κ1) is 14.4. The van der Waals surface area contributed by atoms with Crippen molar-refractivity contribution in [2.75, 3.05) is 6.54 Å². The summed E-state index contributed by atoms with van der Waals surface area (Å²) in [6, 6.07) is 1.58. The molecule has 0 aliphatic carbocycles. The lowest BCUT2D eigenvalue weighted by Crippen LogP contribution is -2.46. The lowest BCUT2D eigenvalue weighted by atomic mass is 9.97. The molecule has 0 unspecified atom stereocenters. The van der Waals surface area contributed by atoms with Gasteiger partial charge < -0.3 is 10.4 Å². The summed E-state index contributed by atoms with van der Waals surface area (Å²) in [6.07, 6.45) is 2.80. The highest BCUT2D eigenvalue weighted by Gasteiger charge is 2.25. The van der Waals surface area contributed by atoms with Gasteiger partial charge in [0.05, 0.1) is 24.5 Å². The van der Waals surface area contributed by atoms with Crippen molar-refractivity contribution in [2.24, 2.45) is 0 Å². The molecule has 7 heteroatoms. The van der Waals surface area contributed by atoms with E-state index in [1.165, 1.54) is 22.2 Å². The van der Waals surface area contributed by atoms with Gasteiger partial charge in [-0.15, -0.1) is 11.3 Å². The van der Waals surface area contributed by atoms with Gasteiger partial charge in [-0.05, 0) is 30.8 Å². The Labute approximate surface area is 125 Å². The van der Waals surface area contributed by atoms with Crippen molar-refractivity contribution in [1.82, 2.24) is 14.9 Å². The Morgan fingerprint density at radius 1 is 1.57 bits per heavy atom. The number of carbonyl (C=O) groups is 1. The molecule has 3 rings (SSSR count). The molecule has 0 bridgehead atoms. The molecule has 2 atom stereocenters. The zero-order chi connectivity index (χ0) is 14.8. The molecule has 0 aromatic carbocycles. The first-order valence-corrected chi connectivity index (χ1v) is 7.89. The summed E-state index contributed by atoms with van der Waals surface area (Å²) in [6.45, 7) is 0.822. The number of aliphatic hydroxyl groups excluding tert-OH is 1. The molecular formula is C14H17N3O3S. The average molecular weight is 307 g/mol. The largest absolute Gasteiger partial charge is 0.391 e. The Hall–Kier alpha value is -1.57. The second kappa shape index (κ2) is 6.05. The quantitative estimate of drug-likeness (QED) is 0.861. The van der Waals surface area contributed by atoms with E-state index < -0.39 is 6.10 Å². The number of fused-ring (bicyclic) bond motifs is 1. The van der Waals surface area contributed by atoms with E-state index in [0.717, 1.165) is 13.0 Å². The second-order valence-electron chi connectivity index (χ2n) is 5.33. The van der Waals surface area contributed by atoms with Crippen LogP contribution in [-0.4, -0.2) is 39.1 Å². The maximum atomic E-state index is 12.2. The molecule has 3 heterocycles. The van der Waals surface area contributed by atoms with Crippen LogP contribution in [-0.2, 0) is 11.3 Å². The number of aromatic nitrogens is 2. The number of aliphatic hydroxyl groups is 1. The predicted molar refractivity (Wildman–Crippen MR) is 80.5 cm³/mol. The highest BCUT2D eigenvalue weighted by Crippen LogP contribution is 2.14. The fraction of sp³-hybridized carbons (Fsp3) is 0.500. The zero-order valence-electron chi connectivity index (χ0n) is 11.5. The van der Waals surface area contributed by atoms with Crippen molar-refractivity contribution >= 4 is 27.3 Å². The summed E-state index contributed by atoms with van der Waals surface area (Å²) < 4.78 is 1.91. The summed E-state index contributed by atoms with van der Waals surface area (Å²) in [7, 11) is 0. The van der Waals surface area contributed by atoms with Gasteiger partial charge in [0.1, 0.15) is 4.70 Å². The molecule has 2 aromatic heterocycles. The van der Waals surface area contributed by atoms with Crippen molar-refractivity contribution in [3.05, 3.63) is 28.1 Å². The third-order valence-corrected chi connectivity index (χ3v) is 4.67. The molecule has 0 amide bonds. The summed E-state index contributed by atoms with van der Waals surface area (Å²) in [5, 5.41) is 14.8. The third-order valence-electron chi connectivity index (χ3n) is 3.78. The van der Waals surface area contributed by atoms with Crippen LogP contribution in [0.1, 0.15) is 19.3 Å². The van der Waals surface area contributed by atoms with Crippen molar-refractivity contribution in [3.8, 4) is 0 Å². The van der Waals surface area contributed by atoms with Gasteiger partial charge in [-0.25, -0.2) is 4.98 Å². The van der Waals surface area contributed by atoms with Crippen LogP contribution in [0.3, 0.4) is 0 Å². The minimum Gasteiger partial charge on any atom is -0.391 e. The maximum absolute atomic E-state index is 12.2. The standard InChI is InChI=1S/C14H17N3O3S/c18-9(6-11-12(19)2-1-4-15-11)7-17-8-16-10-3-5-21-13(10)14(17)20/h3,5,8,11-12,15,19H,1-2,4,6-7H2/t11-,12+/m1/s1. The van der Waals surface area contributed by atoms with E-state index in [1.54, 1.807) is 6.07 Å². The number of carbonyl (C=O) groups excluding carboxylic acids is 1. The monoisotopic (exact) mass is 307 g/mol. The SMILES string of the molecule is O=C(C[C@H]1NCCC[C@@H]1O)Cn1cnc2ccsc2c1=O. The average Bonchev–Trinajstić information content (AvgIpc) is 2.94. The number of piperidine rings is 1. The van der Waals surface area contributed by atoms with Gasteiger partial charge in [-0.3, -0.25) is 14.2 Å². The Morgan fingerprint density at radius 2 is 2.43 bits per heavy atom. The number of thiophene rings is 1. The Bertz CT molecular complexity index is 709. The Balaban J connectivity index is 1.71. The van der Waals surface area contributed by atoms with E-state index in [1.807, 2.05) is 5.38 Å². The Morgan fingerprint density at radius 3 is 3.24 bits per heavy atom. The predicted octanol–water partition coefficient (Wildman–Crippen LogP) is 0.530. The van der Waals surface area contributed by atoms with Crippen LogP contribution in [0.25, 0.3) is 10.2 Å². The van der Waals surface area contributed by atoms with E-state index in [4.69, 9.17) is 0 Å². The van der Waals surface area contributed by atoms with Gasteiger partial charge in [0.25, 0.3) is 5.56 Å². The number of nitrogens with one attached hydrogen (secondary N) is 1. The van der Waals surface area contributed by atoms with Gasteiger partial charge in [0.15, 0.2) is 5.78 Å². The van der Waals surface area contributed by atoms with Crippen LogP contribution < -0.4 is 10.9 Å². The lowest BCUT2D eigenvalue weighted by Gasteiger charge is -2.28. The van der Waals surface area contributed by atoms with E-state index in [-0.39, 0.29) is 30.3 Å². The molecule has 1 fully saturated rings. The molecule has 1 aliphatic rings. The Kier molecular flexibility index (Phi) is 4.14. The highest BCUT2D eigenvalue weighted by atomic mass is 32.1. The van der Waals surface area contributed by atoms with Crippen LogP contribution in [0.4, 0.5) is 0 Å². The molecular weight excluding hydrogens is 290 g/mol.